The standard InChI is InChI=1S/C17H23N5O/c1-13(16-5-3-4-7-18-16)20-17(23)22-8-6-14(12-22)9-15-10-19-21(2)11-15/h3-5,7,10-11,13-14H,6,8-9,12H2,1-2H3,(H,20,23)/t13-,14-/m1/s1. The van der Waals surface area contributed by atoms with Crippen LogP contribution < -0.4 is 5.32 Å². The highest BCUT2D eigenvalue weighted by atomic mass is 16.2. The first-order valence-electron chi connectivity index (χ1n) is 8.05. The van der Waals surface area contributed by atoms with Gasteiger partial charge in [0.1, 0.15) is 0 Å². The van der Waals surface area contributed by atoms with E-state index in [2.05, 4.69) is 15.4 Å². The summed E-state index contributed by atoms with van der Waals surface area (Å²) in [5.41, 5.74) is 2.12. The highest BCUT2D eigenvalue weighted by molar-refractivity contribution is 5.74. The minimum Gasteiger partial charge on any atom is -0.330 e. The van der Waals surface area contributed by atoms with Crippen molar-refractivity contribution < 1.29 is 4.79 Å². The Balaban J connectivity index is 1.51. The Morgan fingerprint density at radius 3 is 3.04 bits per heavy atom. The monoisotopic (exact) mass is 313 g/mol. The van der Waals surface area contributed by atoms with Gasteiger partial charge < -0.3 is 10.2 Å². The molecular weight excluding hydrogens is 290 g/mol. The second kappa shape index (κ2) is 6.81. The first kappa shape index (κ1) is 15.5. The van der Waals surface area contributed by atoms with Crippen molar-refractivity contribution in [3.8, 4) is 0 Å². The highest BCUT2D eigenvalue weighted by Gasteiger charge is 2.27. The van der Waals surface area contributed by atoms with Gasteiger partial charge in [-0.3, -0.25) is 9.67 Å². The van der Waals surface area contributed by atoms with Crippen LogP contribution in [0.25, 0.3) is 0 Å². The molecule has 0 spiro atoms. The number of urea groups is 1. The maximum Gasteiger partial charge on any atom is 0.317 e. The molecule has 2 aromatic heterocycles. The van der Waals surface area contributed by atoms with Gasteiger partial charge in [-0.05, 0) is 43.4 Å². The van der Waals surface area contributed by atoms with Gasteiger partial charge in [-0.2, -0.15) is 5.10 Å². The molecule has 0 aromatic carbocycles. The van der Waals surface area contributed by atoms with Crippen LogP contribution in [0, 0.1) is 5.92 Å². The van der Waals surface area contributed by atoms with Crippen LogP contribution in [-0.2, 0) is 13.5 Å². The first-order valence-corrected chi connectivity index (χ1v) is 8.05. The van der Waals surface area contributed by atoms with E-state index in [4.69, 9.17) is 0 Å². The zero-order valence-corrected chi connectivity index (χ0v) is 13.6. The van der Waals surface area contributed by atoms with Gasteiger partial charge in [0.2, 0.25) is 0 Å². The third-order valence-electron chi connectivity index (χ3n) is 4.33. The first-order chi connectivity index (χ1) is 11.1. The number of aryl methyl sites for hydroxylation is 1. The zero-order valence-electron chi connectivity index (χ0n) is 13.6. The minimum atomic E-state index is -0.0823. The Kier molecular flexibility index (Phi) is 4.60. The average molecular weight is 313 g/mol. The molecule has 6 nitrogen and oxygen atoms in total. The van der Waals surface area contributed by atoms with Gasteiger partial charge in [-0.25, -0.2) is 4.79 Å². The fourth-order valence-electron chi connectivity index (χ4n) is 3.08. The normalized spacial score (nSPS) is 18.9. The van der Waals surface area contributed by atoms with E-state index in [-0.39, 0.29) is 12.1 Å². The molecular formula is C17H23N5O. The molecule has 3 rings (SSSR count). The number of carbonyl (C=O) groups excluding carboxylic acids is 1. The summed E-state index contributed by atoms with van der Waals surface area (Å²) in [5, 5.41) is 7.24. The second-order valence-electron chi connectivity index (χ2n) is 6.25. The lowest BCUT2D eigenvalue weighted by Gasteiger charge is -2.20. The number of amides is 2. The molecule has 1 aliphatic rings. The number of carbonyl (C=O) groups is 1. The predicted molar refractivity (Wildman–Crippen MR) is 87.8 cm³/mol. The molecule has 3 heterocycles. The van der Waals surface area contributed by atoms with Gasteiger partial charge in [0.05, 0.1) is 17.9 Å². The van der Waals surface area contributed by atoms with Crippen molar-refractivity contribution in [1.82, 2.24) is 25.0 Å². The lowest BCUT2D eigenvalue weighted by Crippen LogP contribution is -2.40. The second-order valence-corrected chi connectivity index (χ2v) is 6.25. The molecule has 0 radical (unpaired) electrons. The van der Waals surface area contributed by atoms with E-state index in [9.17, 15) is 4.79 Å². The Bertz CT molecular complexity index is 654. The quantitative estimate of drug-likeness (QED) is 0.941. The number of rotatable bonds is 4. The van der Waals surface area contributed by atoms with E-state index in [1.807, 2.05) is 54.1 Å². The van der Waals surface area contributed by atoms with Crippen LogP contribution in [0.2, 0.25) is 0 Å². The van der Waals surface area contributed by atoms with Crippen LogP contribution in [0.1, 0.15) is 30.6 Å². The summed E-state index contributed by atoms with van der Waals surface area (Å²) in [7, 11) is 1.93. The van der Waals surface area contributed by atoms with Gasteiger partial charge >= 0.3 is 6.03 Å². The van der Waals surface area contributed by atoms with Crippen molar-refractivity contribution in [2.24, 2.45) is 13.0 Å². The lowest BCUT2D eigenvalue weighted by atomic mass is 10.0. The number of hydrogen-bond donors (Lipinski definition) is 1. The van der Waals surface area contributed by atoms with Crippen LogP contribution in [0.15, 0.2) is 36.8 Å². The van der Waals surface area contributed by atoms with Crippen LogP contribution in [0.4, 0.5) is 4.79 Å². The van der Waals surface area contributed by atoms with E-state index in [0.717, 1.165) is 31.6 Å². The van der Waals surface area contributed by atoms with Gasteiger partial charge in [-0.15, -0.1) is 0 Å². The zero-order chi connectivity index (χ0) is 16.2. The maximum atomic E-state index is 12.4. The summed E-state index contributed by atoms with van der Waals surface area (Å²) in [6.07, 6.45) is 7.73. The summed E-state index contributed by atoms with van der Waals surface area (Å²) in [6, 6.07) is 5.66. The molecule has 0 aliphatic carbocycles. The van der Waals surface area contributed by atoms with Gasteiger partial charge in [0.15, 0.2) is 0 Å². The molecule has 0 bridgehead atoms. The topological polar surface area (TPSA) is 63.1 Å². The summed E-state index contributed by atoms with van der Waals surface area (Å²) >= 11 is 0. The van der Waals surface area contributed by atoms with Crippen LogP contribution in [0.3, 0.4) is 0 Å². The molecule has 23 heavy (non-hydrogen) atoms. The molecule has 1 fully saturated rings. The van der Waals surface area contributed by atoms with E-state index in [0.29, 0.717) is 5.92 Å². The van der Waals surface area contributed by atoms with E-state index >= 15 is 0 Å². The summed E-state index contributed by atoms with van der Waals surface area (Å²) in [6.45, 7) is 3.57. The van der Waals surface area contributed by atoms with E-state index in [1.165, 1.54) is 5.56 Å². The lowest BCUT2D eigenvalue weighted by molar-refractivity contribution is 0.203. The molecule has 122 valence electrons. The average Bonchev–Trinajstić information content (AvgIpc) is 3.18. The molecule has 0 saturated carbocycles. The molecule has 1 saturated heterocycles. The minimum absolute atomic E-state index is 0.00293. The van der Waals surface area contributed by atoms with Crippen molar-refractivity contribution in [2.75, 3.05) is 13.1 Å². The summed E-state index contributed by atoms with van der Waals surface area (Å²) in [5.74, 6) is 0.509. The van der Waals surface area contributed by atoms with Crippen LogP contribution in [0.5, 0.6) is 0 Å². The highest BCUT2D eigenvalue weighted by Crippen LogP contribution is 2.21. The number of nitrogens with zero attached hydrogens (tertiary/aromatic N) is 4. The van der Waals surface area contributed by atoms with Crippen molar-refractivity contribution in [2.45, 2.75) is 25.8 Å². The van der Waals surface area contributed by atoms with Crippen LogP contribution in [-0.4, -0.2) is 38.8 Å². The molecule has 1 N–H and O–H groups in total. The molecule has 6 heteroatoms. The van der Waals surface area contributed by atoms with E-state index < -0.39 is 0 Å². The van der Waals surface area contributed by atoms with Gasteiger partial charge in [0, 0.05) is 32.5 Å². The SMILES string of the molecule is C[C@@H](NC(=O)N1CC[C@H](Cc2cnn(C)c2)C1)c1ccccn1. The molecule has 2 atom stereocenters. The predicted octanol–water partition coefficient (Wildman–Crippen LogP) is 2.15. The number of aromatic nitrogens is 3. The maximum absolute atomic E-state index is 12.4. The van der Waals surface area contributed by atoms with E-state index in [1.54, 1.807) is 6.20 Å². The Morgan fingerprint density at radius 2 is 2.35 bits per heavy atom. The fraction of sp³-hybridized carbons (Fsp3) is 0.471. The Labute approximate surface area is 136 Å². The van der Waals surface area contributed by atoms with Crippen molar-refractivity contribution in [1.29, 1.82) is 0 Å². The largest absolute Gasteiger partial charge is 0.330 e. The Hall–Kier alpha value is -2.37. The molecule has 2 amide bonds. The third kappa shape index (κ3) is 3.88. The van der Waals surface area contributed by atoms with Crippen molar-refractivity contribution in [3.05, 3.63) is 48.0 Å². The Morgan fingerprint density at radius 1 is 1.48 bits per heavy atom. The third-order valence-corrected chi connectivity index (χ3v) is 4.33. The molecule has 0 unspecified atom stereocenters. The van der Waals surface area contributed by atoms with Crippen molar-refractivity contribution in [3.63, 3.8) is 0 Å². The van der Waals surface area contributed by atoms with Gasteiger partial charge in [0.25, 0.3) is 0 Å². The van der Waals surface area contributed by atoms with Crippen LogP contribution >= 0.6 is 0 Å². The summed E-state index contributed by atoms with van der Waals surface area (Å²) < 4.78 is 1.82. The molecule has 2 aromatic rings. The number of nitrogens with one attached hydrogen (secondary N) is 1. The molecule has 1 aliphatic heterocycles. The number of hydrogen-bond acceptors (Lipinski definition) is 3. The summed E-state index contributed by atoms with van der Waals surface area (Å²) in [4.78, 5) is 18.6. The van der Waals surface area contributed by atoms with Crippen molar-refractivity contribution >= 4 is 6.03 Å². The fourth-order valence-corrected chi connectivity index (χ4v) is 3.08. The number of pyridine rings is 1. The smallest absolute Gasteiger partial charge is 0.317 e. The van der Waals surface area contributed by atoms with Gasteiger partial charge in [-0.1, -0.05) is 6.07 Å². The number of likely N-dealkylation sites (tertiary alicyclic amines) is 1.